The maximum absolute atomic E-state index is 2.29. The molecule has 0 heterocycles. The number of hydrogen-bond donors (Lipinski definition) is 0. The first-order valence-corrected chi connectivity index (χ1v) is 11.3. The van der Waals surface area contributed by atoms with Crippen LogP contribution in [0.4, 0.5) is 0 Å². The fraction of sp³-hybridized carbons (Fsp3) is 0.538. The zero-order valence-corrected chi connectivity index (χ0v) is 27.4. The van der Waals surface area contributed by atoms with Crippen LogP contribution in [0.15, 0.2) is 60.7 Å². The summed E-state index contributed by atoms with van der Waals surface area (Å²) < 4.78 is 2.40. The second-order valence-electron chi connectivity index (χ2n) is 7.87. The van der Waals surface area contributed by atoms with Crippen LogP contribution >= 0.6 is 27.0 Å². The van der Waals surface area contributed by atoms with E-state index >= 15 is 0 Å². The van der Waals surface area contributed by atoms with Gasteiger partial charge in [-0.3, -0.25) is 0 Å². The molecule has 2 aromatic carbocycles. The Hall–Kier alpha value is 0.448. The normalized spacial score (nSPS) is 9.88. The molecule has 0 saturated heterocycles. The summed E-state index contributed by atoms with van der Waals surface area (Å²) in [5.41, 5.74) is 2.91. The molecule has 2 nitrogen and oxygen atoms in total. The Bertz CT molecular complexity index is 563. The van der Waals surface area contributed by atoms with E-state index in [1.54, 1.807) is 0 Å². The molecule has 0 fully saturated rings. The minimum atomic E-state index is 0. The first kappa shape index (κ1) is 43.5. The molecule has 0 spiro atoms. The number of thiol groups is 2. The average Bonchev–Trinajstić information content (AvgIpc) is 2.78. The first-order valence-electron chi connectivity index (χ1n) is 11.3. The molecule has 7 heteroatoms. The van der Waals surface area contributed by atoms with Gasteiger partial charge in [-0.1, -0.05) is 60.7 Å². The van der Waals surface area contributed by atoms with Crippen molar-refractivity contribution in [3.63, 3.8) is 0 Å². The van der Waals surface area contributed by atoms with Crippen LogP contribution < -0.4 is 0 Å². The van der Waals surface area contributed by atoms with E-state index in [1.807, 2.05) is 0 Å². The van der Waals surface area contributed by atoms with Gasteiger partial charge in [0.15, 0.2) is 0 Å². The Morgan fingerprint density at radius 3 is 0.848 bits per heavy atom. The fourth-order valence-corrected chi connectivity index (χ4v) is 3.95. The third-order valence-electron chi connectivity index (χ3n) is 6.75. The van der Waals surface area contributed by atoms with E-state index in [9.17, 15) is 0 Å². The maximum atomic E-state index is 2.29. The van der Waals surface area contributed by atoms with Crippen molar-refractivity contribution in [2.45, 2.75) is 54.6 Å². The van der Waals surface area contributed by atoms with Gasteiger partial charge in [0.05, 0.1) is 39.3 Å². The third-order valence-corrected chi connectivity index (χ3v) is 6.75. The largest absolute Gasteiger partial charge is 0.813 e. The van der Waals surface area contributed by atoms with Gasteiger partial charge in [-0.25, -0.2) is 0 Å². The van der Waals surface area contributed by atoms with Crippen LogP contribution in [0.2, 0.25) is 0 Å². The van der Waals surface area contributed by atoms with Gasteiger partial charge in [0.1, 0.15) is 13.1 Å². The Morgan fingerprint density at radius 1 is 0.455 bits per heavy atom. The van der Waals surface area contributed by atoms with Crippen LogP contribution in [-0.2, 0) is 61.1 Å². The summed E-state index contributed by atoms with van der Waals surface area (Å²) in [5, 5.41) is 0. The summed E-state index contributed by atoms with van der Waals surface area (Å²) in [4.78, 5) is 0. The molecule has 0 atom stereocenters. The molecule has 0 aromatic heterocycles. The minimum Gasteiger partial charge on any atom is -0.813 e. The maximum Gasteiger partial charge on any atom is 0.104 e. The summed E-state index contributed by atoms with van der Waals surface area (Å²) in [6, 6.07) is 21.6. The summed E-state index contributed by atoms with van der Waals surface area (Å²) >= 11 is 0. The molecule has 2 aromatic rings. The van der Waals surface area contributed by atoms with Crippen molar-refractivity contribution in [2.24, 2.45) is 0 Å². The first-order chi connectivity index (χ1) is 13.5. The number of rotatable bonds is 10. The molecular weight excluding hydrogens is 565 g/mol. The Morgan fingerprint density at radius 2 is 0.667 bits per heavy atom. The van der Waals surface area contributed by atoms with Gasteiger partial charge in [-0.05, 0) is 41.5 Å². The molecule has 0 unspecified atom stereocenters. The molecule has 0 N–H and O–H groups in total. The molecule has 0 saturated carbocycles. The van der Waals surface area contributed by atoms with E-state index in [4.69, 9.17) is 0 Å². The van der Waals surface area contributed by atoms with Crippen LogP contribution in [0.3, 0.4) is 0 Å². The predicted molar refractivity (Wildman–Crippen MR) is 162 cm³/mol. The molecule has 0 aliphatic carbocycles. The fourth-order valence-electron chi connectivity index (χ4n) is 3.95. The molecule has 0 radical (unpaired) electrons. The van der Waals surface area contributed by atoms with Crippen LogP contribution in [0.5, 0.6) is 0 Å². The van der Waals surface area contributed by atoms with Crippen molar-refractivity contribution in [3.05, 3.63) is 71.8 Å². The van der Waals surface area contributed by atoms with Gasteiger partial charge in [-0.2, -0.15) is 27.0 Å². The SMILES string of the molecule is CC[N+](CC)(CC)Cc1ccccc1.CC[N+](CC)(CC)Cc1ccccc1.S.S.[Mo].[SH-].[SH-]. The van der Waals surface area contributed by atoms with E-state index in [-0.39, 0.29) is 75.0 Å². The molecule has 33 heavy (non-hydrogen) atoms. The van der Waals surface area contributed by atoms with Crippen molar-refractivity contribution in [2.75, 3.05) is 39.3 Å². The standard InChI is InChI=1S/2C13H22N.Mo.4H2S/c2*1-4-14(5-2,6-3)12-13-10-8-7-9-11-13;;;;;/h2*7-11H,4-6,12H2,1-3H3;;4*1H2/q2*+1;;;;;/p-2. The number of nitrogens with zero attached hydrogens (tertiary/aromatic N) is 2. The van der Waals surface area contributed by atoms with Crippen molar-refractivity contribution in [1.29, 1.82) is 0 Å². The summed E-state index contributed by atoms with van der Waals surface area (Å²) in [6.45, 7) is 23.4. The van der Waals surface area contributed by atoms with E-state index in [0.717, 1.165) is 0 Å². The number of quaternary nitrogens is 2. The summed E-state index contributed by atoms with van der Waals surface area (Å²) in [5.74, 6) is 0. The number of hydrogen-bond acceptors (Lipinski definition) is 2. The van der Waals surface area contributed by atoms with Crippen LogP contribution in [0, 0.1) is 0 Å². The molecule has 0 amide bonds. The molecule has 194 valence electrons. The second kappa shape index (κ2) is 24.2. The summed E-state index contributed by atoms with van der Waals surface area (Å²) in [7, 11) is 0. The summed E-state index contributed by atoms with van der Waals surface area (Å²) in [6.07, 6.45) is 0. The second-order valence-corrected chi connectivity index (χ2v) is 7.87. The monoisotopic (exact) mass is 616 g/mol. The molecular formula is C26H50MoN2S4. The van der Waals surface area contributed by atoms with Gasteiger partial charge >= 0.3 is 0 Å². The van der Waals surface area contributed by atoms with Gasteiger partial charge in [-0.15, -0.1) is 0 Å². The van der Waals surface area contributed by atoms with Gasteiger partial charge < -0.3 is 36.0 Å². The van der Waals surface area contributed by atoms with E-state index < -0.39 is 0 Å². The Kier molecular flexibility index (Phi) is 31.9. The number of benzene rings is 2. The van der Waals surface area contributed by atoms with Gasteiger partial charge in [0.2, 0.25) is 0 Å². The van der Waals surface area contributed by atoms with E-state index in [0.29, 0.717) is 0 Å². The van der Waals surface area contributed by atoms with E-state index in [2.05, 4.69) is 102 Å². The van der Waals surface area contributed by atoms with Crippen molar-refractivity contribution in [1.82, 2.24) is 0 Å². The molecule has 2 rings (SSSR count). The zero-order chi connectivity index (χ0) is 20.9. The van der Waals surface area contributed by atoms with E-state index in [1.165, 1.54) is 72.5 Å². The smallest absolute Gasteiger partial charge is 0.104 e. The third kappa shape index (κ3) is 15.2. The quantitative estimate of drug-likeness (QED) is 0.143. The van der Waals surface area contributed by atoms with Crippen molar-refractivity contribution >= 4 is 54.0 Å². The molecule has 0 aliphatic heterocycles. The van der Waals surface area contributed by atoms with Gasteiger partial charge in [0, 0.05) is 32.2 Å². The minimum absolute atomic E-state index is 0. The average molecular weight is 615 g/mol. The van der Waals surface area contributed by atoms with Crippen molar-refractivity contribution < 1.29 is 30.0 Å². The van der Waals surface area contributed by atoms with Crippen LogP contribution in [-0.4, -0.2) is 48.2 Å². The molecule has 0 aliphatic rings. The van der Waals surface area contributed by atoms with Crippen LogP contribution in [0.1, 0.15) is 52.7 Å². The van der Waals surface area contributed by atoms with Gasteiger partial charge in [0.25, 0.3) is 0 Å². The Balaban J connectivity index is -0.000000138. The van der Waals surface area contributed by atoms with Crippen molar-refractivity contribution in [3.8, 4) is 0 Å². The Labute approximate surface area is 248 Å². The van der Waals surface area contributed by atoms with Crippen LogP contribution in [0.25, 0.3) is 0 Å². The topological polar surface area (TPSA) is 0 Å². The molecule has 0 bridgehead atoms. The zero-order valence-electron chi connectivity index (χ0n) is 21.6. The predicted octanol–water partition coefficient (Wildman–Crippen LogP) is 5.81.